The van der Waals surface area contributed by atoms with Crippen LogP contribution in [-0.4, -0.2) is 29.1 Å². The van der Waals surface area contributed by atoms with Crippen molar-refractivity contribution < 1.29 is 14.3 Å². The van der Waals surface area contributed by atoms with Crippen molar-refractivity contribution in [2.75, 3.05) is 11.9 Å². The highest BCUT2D eigenvalue weighted by atomic mass is 35.5. The minimum absolute atomic E-state index is 0. The first-order chi connectivity index (χ1) is 12.4. The Hall–Kier alpha value is -1.86. The summed E-state index contributed by atoms with van der Waals surface area (Å²) in [7, 11) is 0. The van der Waals surface area contributed by atoms with E-state index in [1.807, 2.05) is 39.0 Å². The number of nitrogens with two attached hydrogens (primary N) is 1. The lowest BCUT2D eigenvalue weighted by Crippen LogP contribution is -2.74. The van der Waals surface area contributed by atoms with Gasteiger partial charge in [-0.3, -0.25) is 9.78 Å². The van der Waals surface area contributed by atoms with Crippen molar-refractivity contribution in [3.8, 4) is 11.5 Å². The zero-order valence-electron chi connectivity index (χ0n) is 16.2. The zero-order chi connectivity index (χ0) is 18.8. The second-order valence-electron chi connectivity index (χ2n) is 7.11. The van der Waals surface area contributed by atoms with Gasteiger partial charge in [-0.2, -0.15) is 0 Å². The maximum atomic E-state index is 12.8. The van der Waals surface area contributed by atoms with Crippen molar-refractivity contribution in [1.29, 1.82) is 0 Å². The lowest BCUT2D eigenvalue weighted by molar-refractivity contribution is -0.166. The largest absolute Gasteiger partial charge is 0.457 e. The highest BCUT2D eigenvalue weighted by Gasteiger charge is 2.62. The molecule has 2 aromatic rings. The summed E-state index contributed by atoms with van der Waals surface area (Å²) in [5, 5.41) is 2.92. The number of nitrogens with one attached hydrogen (secondary N) is 1. The molecule has 1 saturated carbocycles. The molecule has 2 atom stereocenters. The number of hydrogen-bond donors (Lipinski definition) is 2. The third kappa shape index (κ3) is 4.58. The third-order valence-electron chi connectivity index (χ3n) is 5.21. The number of ether oxygens (including phenoxy) is 2. The Kier molecular flexibility index (Phi) is 8.26. The average Bonchev–Trinajstić information content (AvgIpc) is 2.62. The van der Waals surface area contributed by atoms with Crippen molar-refractivity contribution in [2.24, 2.45) is 11.1 Å². The molecule has 154 valence electrons. The van der Waals surface area contributed by atoms with Gasteiger partial charge >= 0.3 is 0 Å². The Balaban J connectivity index is 0.00000196. The first kappa shape index (κ1) is 24.2. The van der Waals surface area contributed by atoms with E-state index in [-0.39, 0.29) is 36.8 Å². The van der Waals surface area contributed by atoms with Crippen LogP contribution in [0.25, 0.3) is 0 Å². The number of rotatable bonds is 6. The second kappa shape index (κ2) is 9.56. The molecule has 0 spiro atoms. The summed E-state index contributed by atoms with van der Waals surface area (Å²) in [5.41, 5.74) is 5.67. The van der Waals surface area contributed by atoms with Gasteiger partial charge in [-0.15, -0.1) is 24.8 Å². The highest BCUT2D eigenvalue weighted by molar-refractivity contribution is 5.99. The van der Waals surface area contributed by atoms with E-state index in [0.29, 0.717) is 30.2 Å². The number of aromatic nitrogens is 1. The average molecular weight is 428 g/mol. The van der Waals surface area contributed by atoms with Gasteiger partial charge in [0.15, 0.2) is 0 Å². The third-order valence-corrected chi connectivity index (χ3v) is 5.21. The fourth-order valence-corrected chi connectivity index (χ4v) is 3.24. The molecule has 1 heterocycles. The van der Waals surface area contributed by atoms with Crippen LogP contribution < -0.4 is 15.8 Å². The van der Waals surface area contributed by atoms with Crippen LogP contribution in [0.5, 0.6) is 11.5 Å². The molecule has 1 amide bonds. The van der Waals surface area contributed by atoms with E-state index < -0.39 is 11.0 Å². The van der Waals surface area contributed by atoms with Crippen molar-refractivity contribution in [3.05, 3.63) is 48.8 Å². The second-order valence-corrected chi connectivity index (χ2v) is 7.11. The van der Waals surface area contributed by atoms with Crippen molar-refractivity contribution in [1.82, 2.24) is 4.98 Å². The molecule has 0 radical (unpaired) electrons. The smallest absolute Gasteiger partial charge is 0.245 e. The van der Waals surface area contributed by atoms with E-state index in [4.69, 9.17) is 15.2 Å². The molecule has 8 heteroatoms. The van der Waals surface area contributed by atoms with Crippen LogP contribution in [0, 0.1) is 5.41 Å². The lowest BCUT2D eigenvalue weighted by atomic mass is 9.54. The summed E-state index contributed by atoms with van der Waals surface area (Å²) in [4.78, 5) is 16.8. The molecule has 2 unspecified atom stereocenters. The minimum Gasteiger partial charge on any atom is -0.457 e. The molecular formula is C20H27Cl2N3O3. The maximum absolute atomic E-state index is 12.8. The zero-order valence-corrected chi connectivity index (χ0v) is 17.8. The molecule has 28 heavy (non-hydrogen) atoms. The van der Waals surface area contributed by atoms with Gasteiger partial charge < -0.3 is 20.5 Å². The summed E-state index contributed by atoms with van der Waals surface area (Å²) in [6.07, 6.45) is 3.82. The Morgan fingerprint density at radius 1 is 1.21 bits per heavy atom. The SMILES string of the molecule is CCOC1CC(N)(C(=O)Nc2cccc(Oc3ccncc3)c2)C1(C)C.Cl.Cl. The van der Waals surface area contributed by atoms with Gasteiger partial charge in [0.1, 0.15) is 17.0 Å². The molecule has 0 aliphatic heterocycles. The number of nitrogens with zero attached hydrogens (tertiary/aromatic N) is 1. The Labute approximate surface area is 178 Å². The van der Waals surface area contributed by atoms with E-state index in [1.165, 1.54) is 0 Å². The topological polar surface area (TPSA) is 86.5 Å². The molecule has 3 rings (SSSR count). The van der Waals surface area contributed by atoms with Crippen LogP contribution in [-0.2, 0) is 9.53 Å². The predicted octanol–water partition coefficient (Wildman–Crippen LogP) is 4.19. The highest BCUT2D eigenvalue weighted by Crippen LogP contribution is 2.50. The summed E-state index contributed by atoms with van der Waals surface area (Å²) < 4.78 is 11.5. The van der Waals surface area contributed by atoms with E-state index in [1.54, 1.807) is 30.6 Å². The molecule has 1 aromatic carbocycles. The number of hydrogen-bond acceptors (Lipinski definition) is 5. The molecule has 1 aliphatic carbocycles. The predicted molar refractivity (Wildman–Crippen MR) is 115 cm³/mol. The molecule has 6 nitrogen and oxygen atoms in total. The molecular weight excluding hydrogens is 401 g/mol. The molecule has 1 aromatic heterocycles. The molecule has 0 bridgehead atoms. The van der Waals surface area contributed by atoms with Crippen LogP contribution >= 0.6 is 24.8 Å². The van der Waals surface area contributed by atoms with E-state index in [2.05, 4.69) is 10.3 Å². The van der Waals surface area contributed by atoms with Crippen LogP contribution in [0.1, 0.15) is 27.2 Å². The van der Waals surface area contributed by atoms with Gasteiger partial charge in [0.25, 0.3) is 0 Å². The van der Waals surface area contributed by atoms with Crippen LogP contribution in [0.3, 0.4) is 0 Å². The summed E-state index contributed by atoms with van der Waals surface area (Å²) in [5.74, 6) is 1.10. The first-order valence-corrected chi connectivity index (χ1v) is 8.76. The number of carbonyl (C=O) groups is 1. The van der Waals surface area contributed by atoms with Gasteiger partial charge in [-0.1, -0.05) is 19.9 Å². The summed E-state index contributed by atoms with van der Waals surface area (Å²) in [6, 6.07) is 10.8. The van der Waals surface area contributed by atoms with E-state index >= 15 is 0 Å². The van der Waals surface area contributed by atoms with Gasteiger partial charge in [0, 0.05) is 42.6 Å². The number of amides is 1. The summed E-state index contributed by atoms with van der Waals surface area (Å²) in [6.45, 7) is 6.50. The van der Waals surface area contributed by atoms with Crippen molar-refractivity contribution in [3.63, 3.8) is 0 Å². The first-order valence-electron chi connectivity index (χ1n) is 8.76. The molecule has 1 fully saturated rings. The van der Waals surface area contributed by atoms with Gasteiger partial charge in [-0.25, -0.2) is 0 Å². The van der Waals surface area contributed by atoms with Crippen LogP contribution in [0.4, 0.5) is 5.69 Å². The van der Waals surface area contributed by atoms with Crippen LogP contribution in [0.2, 0.25) is 0 Å². The Morgan fingerprint density at radius 3 is 2.50 bits per heavy atom. The van der Waals surface area contributed by atoms with Gasteiger partial charge in [0.2, 0.25) is 5.91 Å². The number of pyridine rings is 1. The van der Waals surface area contributed by atoms with Crippen LogP contribution in [0.15, 0.2) is 48.8 Å². The van der Waals surface area contributed by atoms with Crippen molar-refractivity contribution >= 4 is 36.4 Å². The number of halogens is 2. The maximum Gasteiger partial charge on any atom is 0.245 e. The number of benzene rings is 1. The quantitative estimate of drug-likeness (QED) is 0.721. The fourth-order valence-electron chi connectivity index (χ4n) is 3.24. The molecule has 0 saturated heterocycles. The Bertz CT molecular complexity index is 789. The van der Waals surface area contributed by atoms with Crippen molar-refractivity contribution in [2.45, 2.75) is 38.8 Å². The van der Waals surface area contributed by atoms with E-state index in [9.17, 15) is 4.79 Å². The van der Waals surface area contributed by atoms with Gasteiger partial charge in [0.05, 0.1) is 6.10 Å². The fraction of sp³-hybridized carbons (Fsp3) is 0.400. The minimum atomic E-state index is -0.963. The lowest BCUT2D eigenvalue weighted by Gasteiger charge is -2.57. The monoisotopic (exact) mass is 427 g/mol. The number of anilines is 1. The molecule has 1 aliphatic rings. The summed E-state index contributed by atoms with van der Waals surface area (Å²) >= 11 is 0. The molecule has 3 N–H and O–H groups in total. The Morgan fingerprint density at radius 2 is 1.89 bits per heavy atom. The van der Waals surface area contributed by atoms with Gasteiger partial charge in [-0.05, 0) is 31.2 Å². The normalized spacial score (nSPS) is 22.1. The number of carbonyl (C=O) groups excluding carboxylic acids is 1. The standard InChI is InChI=1S/C20H25N3O3.2ClH/c1-4-25-17-13-20(21,19(17,2)3)18(24)23-14-6-5-7-16(12-14)26-15-8-10-22-11-9-15;;/h5-12,17H,4,13,21H2,1-3H3,(H,23,24);2*1H. The van der Waals surface area contributed by atoms with E-state index in [0.717, 1.165) is 0 Å².